The number of amides is 1. The number of nitrogens with zero attached hydrogens (tertiary/aromatic N) is 3. The van der Waals surface area contributed by atoms with E-state index in [-0.39, 0.29) is 24.6 Å². The first-order valence-corrected chi connectivity index (χ1v) is 9.44. The minimum absolute atomic E-state index is 0.0440. The number of thiazole rings is 1. The summed E-state index contributed by atoms with van der Waals surface area (Å²) in [4.78, 5) is 28.0. The van der Waals surface area contributed by atoms with E-state index in [1.165, 1.54) is 23.4 Å². The number of rotatable bonds is 5. The summed E-state index contributed by atoms with van der Waals surface area (Å²) in [5.41, 5.74) is 1.75. The minimum Gasteiger partial charge on any atom is -0.496 e. The molecular weight excluding hydrogens is 422 g/mol. The van der Waals surface area contributed by atoms with E-state index in [0.717, 1.165) is 20.8 Å². The molecule has 0 radical (unpaired) electrons. The summed E-state index contributed by atoms with van der Waals surface area (Å²) in [5, 5.41) is 7.72. The number of ether oxygens (including phenoxy) is 2. The number of benzene rings is 1. The highest BCUT2D eigenvalue weighted by Crippen LogP contribution is 2.34. The number of hydrogen-bond acceptors (Lipinski definition) is 7. The van der Waals surface area contributed by atoms with Crippen LogP contribution in [-0.4, -0.2) is 41.7 Å². The number of carbonyl (C=O) groups excluding carboxylic acids is 2. The molecule has 1 aromatic carbocycles. The van der Waals surface area contributed by atoms with Gasteiger partial charge in [-0.05, 0) is 18.2 Å². The lowest BCUT2D eigenvalue weighted by Gasteiger charge is -2.18. The molecule has 1 aliphatic rings. The summed E-state index contributed by atoms with van der Waals surface area (Å²) in [6.45, 7) is 0.0440. The molecule has 0 spiro atoms. The van der Waals surface area contributed by atoms with Gasteiger partial charge in [-0.3, -0.25) is 4.79 Å². The maximum Gasteiger partial charge on any atom is 0.354 e. The monoisotopic (exact) mass is 437 g/mol. The van der Waals surface area contributed by atoms with Crippen LogP contribution in [0.5, 0.6) is 5.75 Å². The van der Waals surface area contributed by atoms with Crippen LogP contribution in [0.3, 0.4) is 0 Å². The fourth-order valence-corrected chi connectivity index (χ4v) is 3.57. The van der Waals surface area contributed by atoms with E-state index in [0.29, 0.717) is 12.1 Å². The molecule has 0 saturated heterocycles. The zero-order valence-corrected chi connectivity index (χ0v) is 16.6. The Morgan fingerprint density at radius 3 is 2.92 bits per heavy atom. The number of esters is 1. The van der Waals surface area contributed by atoms with Crippen molar-refractivity contribution in [2.24, 2.45) is 5.10 Å². The first kappa shape index (κ1) is 18.5. The topological polar surface area (TPSA) is 81.1 Å². The lowest BCUT2D eigenvalue weighted by Crippen LogP contribution is -2.32. The van der Waals surface area contributed by atoms with E-state index in [1.807, 2.05) is 23.6 Å². The summed E-state index contributed by atoms with van der Waals surface area (Å²) in [5.74, 6) is 0.0722. The number of methoxy groups -OCH3 is 1. The Balaban J connectivity index is 1.68. The van der Waals surface area contributed by atoms with Gasteiger partial charge >= 0.3 is 5.97 Å². The van der Waals surface area contributed by atoms with Crippen molar-refractivity contribution in [3.8, 4) is 16.3 Å². The van der Waals surface area contributed by atoms with E-state index in [9.17, 15) is 9.59 Å². The molecule has 0 atom stereocenters. The van der Waals surface area contributed by atoms with Gasteiger partial charge in [-0.2, -0.15) is 5.10 Å². The average Bonchev–Trinajstić information content (AvgIpc) is 3.11. The smallest absolute Gasteiger partial charge is 0.354 e. The van der Waals surface area contributed by atoms with E-state index in [1.54, 1.807) is 7.11 Å². The Morgan fingerprint density at radius 1 is 1.38 bits per heavy atom. The quantitative estimate of drug-likeness (QED) is 0.670. The summed E-state index contributed by atoms with van der Waals surface area (Å²) in [7, 11) is 3.13. The highest BCUT2D eigenvalue weighted by Gasteiger charge is 2.23. The van der Waals surface area contributed by atoms with Crippen molar-refractivity contribution >= 4 is 44.9 Å². The van der Waals surface area contributed by atoms with Crippen molar-refractivity contribution in [2.75, 3.05) is 14.2 Å². The van der Waals surface area contributed by atoms with Crippen molar-refractivity contribution in [1.82, 2.24) is 9.99 Å². The summed E-state index contributed by atoms with van der Waals surface area (Å²) in [6.07, 6.45) is 0.549. The second-order valence-corrected chi connectivity index (χ2v) is 7.30. The van der Waals surface area contributed by atoms with Crippen LogP contribution in [-0.2, 0) is 20.9 Å². The molecule has 26 heavy (non-hydrogen) atoms. The van der Waals surface area contributed by atoms with Gasteiger partial charge in [0.2, 0.25) is 5.91 Å². The first-order valence-electron chi connectivity index (χ1n) is 7.77. The van der Waals surface area contributed by atoms with Crippen molar-refractivity contribution < 1.29 is 19.1 Å². The van der Waals surface area contributed by atoms with E-state index in [4.69, 9.17) is 9.47 Å². The van der Waals surface area contributed by atoms with E-state index < -0.39 is 5.97 Å². The Labute approximate surface area is 162 Å². The maximum atomic E-state index is 12.1. The molecule has 0 bridgehead atoms. The van der Waals surface area contributed by atoms with Gasteiger partial charge in [0, 0.05) is 29.7 Å². The molecule has 1 aromatic heterocycles. The van der Waals surface area contributed by atoms with Crippen molar-refractivity contribution in [3.63, 3.8) is 0 Å². The van der Waals surface area contributed by atoms with Crippen LogP contribution in [0.15, 0.2) is 33.2 Å². The predicted octanol–water partition coefficient (Wildman–Crippen LogP) is 3.23. The minimum atomic E-state index is -0.529. The molecule has 2 heterocycles. The van der Waals surface area contributed by atoms with E-state index in [2.05, 4.69) is 26.0 Å². The van der Waals surface area contributed by atoms with Gasteiger partial charge in [-0.25, -0.2) is 14.8 Å². The van der Waals surface area contributed by atoms with Crippen LogP contribution < -0.4 is 4.74 Å². The van der Waals surface area contributed by atoms with Crippen LogP contribution >= 0.6 is 27.3 Å². The van der Waals surface area contributed by atoms with Crippen LogP contribution in [0, 0.1) is 0 Å². The third kappa shape index (κ3) is 4.10. The Kier molecular flexibility index (Phi) is 5.67. The molecule has 3 rings (SSSR count). The summed E-state index contributed by atoms with van der Waals surface area (Å²) in [6, 6.07) is 5.68. The van der Waals surface area contributed by atoms with Gasteiger partial charge in [-0.1, -0.05) is 15.9 Å². The summed E-state index contributed by atoms with van der Waals surface area (Å²) >= 11 is 4.89. The van der Waals surface area contributed by atoms with E-state index >= 15 is 0 Å². The van der Waals surface area contributed by atoms with Gasteiger partial charge in [-0.15, -0.1) is 11.3 Å². The molecule has 0 aliphatic carbocycles. The number of hydrogen-bond donors (Lipinski definition) is 0. The Hall–Kier alpha value is -2.26. The highest BCUT2D eigenvalue weighted by molar-refractivity contribution is 9.10. The number of hydrazone groups is 1. The van der Waals surface area contributed by atoms with Gasteiger partial charge in [0.15, 0.2) is 0 Å². The fourth-order valence-electron chi connectivity index (χ4n) is 2.38. The normalized spacial score (nSPS) is 14.2. The van der Waals surface area contributed by atoms with Crippen molar-refractivity contribution in [1.29, 1.82) is 0 Å². The zero-order valence-electron chi connectivity index (χ0n) is 14.2. The predicted molar refractivity (Wildman–Crippen MR) is 101 cm³/mol. The molecule has 0 N–H and O–H groups in total. The second kappa shape index (κ2) is 7.96. The molecule has 7 nitrogen and oxygen atoms in total. The fraction of sp³-hybridized carbons (Fsp3) is 0.294. The molecule has 0 fully saturated rings. The Bertz CT molecular complexity index is 881. The molecule has 0 saturated carbocycles. The maximum absolute atomic E-state index is 12.1. The Morgan fingerprint density at radius 2 is 2.19 bits per heavy atom. The molecular formula is C17H16BrN3O4S. The third-order valence-electron chi connectivity index (χ3n) is 3.74. The van der Waals surface area contributed by atoms with Gasteiger partial charge in [0.1, 0.15) is 23.1 Å². The molecule has 1 amide bonds. The molecule has 9 heteroatoms. The summed E-state index contributed by atoms with van der Waals surface area (Å²) < 4.78 is 11.6. The first-order chi connectivity index (χ1) is 12.5. The largest absolute Gasteiger partial charge is 0.496 e. The van der Waals surface area contributed by atoms with Gasteiger partial charge < -0.3 is 9.47 Å². The van der Waals surface area contributed by atoms with Crippen LogP contribution in [0.25, 0.3) is 10.6 Å². The van der Waals surface area contributed by atoms with Gasteiger partial charge in [0.25, 0.3) is 0 Å². The number of aromatic nitrogens is 1. The molecule has 1 aliphatic heterocycles. The third-order valence-corrected chi connectivity index (χ3v) is 5.16. The van der Waals surface area contributed by atoms with Crippen molar-refractivity contribution in [2.45, 2.75) is 19.4 Å². The van der Waals surface area contributed by atoms with Crippen LogP contribution in [0.1, 0.15) is 18.5 Å². The standard InChI is InChI=1S/C17H16BrN3O4S/c1-21-15(22)6-4-13(20-21)17(23)25-8-11-9-26-16(19-11)12-7-10(18)3-5-14(12)24-2/h3,5,7,9H,4,6,8H2,1-2H3. The lowest BCUT2D eigenvalue weighted by atomic mass is 10.2. The average molecular weight is 438 g/mol. The number of halogens is 1. The van der Waals surface area contributed by atoms with Crippen LogP contribution in [0.4, 0.5) is 0 Å². The second-order valence-electron chi connectivity index (χ2n) is 5.53. The molecule has 2 aromatic rings. The molecule has 136 valence electrons. The zero-order chi connectivity index (χ0) is 18.7. The SMILES string of the molecule is COc1ccc(Br)cc1-c1nc(COC(=O)C2=NN(C)C(=O)CC2)cs1. The highest BCUT2D eigenvalue weighted by atomic mass is 79.9. The van der Waals surface area contributed by atoms with Crippen molar-refractivity contribution in [3.05, 3.63) is 33.7 Å². The molecule has 0 unspecified atom stereocenters. The van der Waals surface area contributed by atoms with Crippen LogP contribution in [0.2, 0.25) is 0 Å². The number of carbonyl (C=O) groups is 2. The lowest BCUT2D eigenvalue weighted by molar-refractivity contribution is -0.137. The van der Waals surface area contributed by atoms with Gasteiger partial charge in [0.05, 0.1) is 18.4 Å².